The Morgan fingerprint density at radius 3 is 2.36 bits per heavy atom. The highest BCUT2D eigenvalue weighted by atomic mass is 16.5. The van der Waals surface area contributed by atoms with E-state index < -0.39 is 12.1 Å². The van der Waals surface area contributed by atoms with Gasteiger partial charge in [0.05, 0.1) is 13.7 Å². The summed E-state index contributed by atoms with van der Waals surface area (Å²) in [7, 11) is 1.56. The van der Waals surface area contributed by atoms with Gasteiger partial charge in [0.25, 0.3) is 5.91 Å². The zero-order valence-electron chi connectivity index (χ0n) is 29.6. The van der Waals surface area contributed by atoms with Crippen molar-refractivity contribution in [3.05, 3.63) is 59.2 Å². The van der Waals surface area contributed by atoms with Crippen molar-refractivity contribution < 1.29 is 33.4 Å². The molecule has 0 aromatic heterocycles. The van der Waals surface area contributed by atoms with Gasteiger partial charge in [0.15, 0.2) is 11.5 Å². The topological polar surface area (TPSA) is 138 Å². The molecule has 4 bridgehead atoms. The molecule has 12 nitrogen and oxygen atoms in total. The zero-order chi connectivity index (χ0) is 35.6. The molecule has 4 heterocycles. The zero-order valence-corrected chi connectivity index (χ0v) is 29.6. The maximum atomic E-state index is 14.1. The Balaban J connectivity index is 1.29. The van der Waals surface area contributed by atoms with Gasteiger partial charge in [-0.1, -0.05) is 24.3 Å². The minimum atomic E-state index is -0.700. The summed E-state index contributed by atoms with van der Waals surface area (Å²) >= 11 is 0. The van der Waals surface area contributed by atoms with Crippen LogP contribution in [0.3, 0.4) is 0 Å². The first kappa shape index (κ1) is 36.7. The average molecular weight is 690 g/mol. The van der Waals surface area contributed by atoms with Crippen molar-refractivity contribution in [1.82, 2.24) is 25.3 Å². The second kappa shape index (κ2) is 17.4. The van der Waals surface area contributed by atoms with Crippen LogP contribution in [-0.2, 0) is 25.6 Å². The summed E-state index contributed by atoms with van der Waals surface area (Å²) in [5.41, 5.74) is 2.52. The van der Waals surface area contributed by atoms with Gasteiger partial charge in [0, 0.05) is 70.5 Å². The molecule has 4 aliphatic rings. The lowest BCUT2D eigenvalue weighted by molar-refractivity contribution is -0.142. The van der Waals surface area contributed by atoms with E-state index in [1.54, 1.807) is 23.8 Å². The van der Waals surface area contributed by atoms with E-state index in [1.807, 2.05) is 54.3 Å². The number of amides is 5. The van der Waals surface area contributed by atoms with Gasteiger partial charge in [-0.25, -0.2) is 0 Å². The van der Waals surface area contributed by atoms with Gasteiger partial charge in [-0.3, -0.25) is 24.0 Å². The van der Waals surface area contributed by atoms with Crippen LogP contribution in [0, 0.1) is 12.8 Å². The highest BCUT2D eigenvalue weighted by molar-refractivity contribution is 5.96. The second-order valence-corrected chi connectivity index (χ2v) is 13.6. The number of benzene rings is 2. The van der Waals surface area contributed by atoms with Crippen LogP contribution in [0.1, 0.15) is 73.4 Å². The van der Waals surface area contributed by atoms with Crippen molar-refractivity contribution in [3.8, 4) is 11.5 Å². The van der Waals surface area contributed by atoms with Gasteiger partial charge >= 0.3 is 0 Å². The Kier molecular flexibility index (Phi) is 12.7. The van der Waals surface area contributed by atoms with Crippen molar-refractivity contribution in [2.24, 2.45) is 5.92 Å². The van der Waals surface area contributed by atoms with Crippen LogP contribution >= 0.6 is 0 Å². The standard InChI is InChI=1S/C38H51N5O7/c1-26-9-4-5-10-31(26)38(48)42-21-15-29(16-22-42)37(47)43-25-30-24-32(43)36(46)40-17-6-7-19-41(27(2)44)20-8-18-39-35(45)14-12-28-11-13-33(50-30)34(23-28)49-3/h4-5,9-11,13,23,29-30,32H,6-8,12,14-22,24-25H2,1-3H3,(H,39,45)(H,40,46)/t30-,32-/m0/s1. The fraction of sp³-hybridized carbons (Fsp3) is 0.553. The van der Waals surface area contributed by atoms with E-state index in [-0.39, 0.29) is 42.0 Å². The van der Waals surface area contributed by atoms with Gasteiger partial charge in [0.2, 0.25) is 23.6 Å². The molecule has 2 fully saturated rings. The number of aryl methyl sites for hydroxylation is 2. The molecule has 12 heteroatoms. The molecule has 2 N–H and O–H groups in total. The quantitative estimate of drug-likeness (QED) is 0.506. The lowest BCUT2D eigenvalue weighted by atomic mass is 9.94. The fourth-order valence-electron chi connectivity index (χ4n) is 7.09. The largest absolute Gasteiger partial charge is 0.493 e. The molecule has 4 aliphatic heterocycles. The first-order valence-electron chi connectivity index (χ1n) is 17.9. The van der Waals surface area contributed by atoms with Gasteiger partial charge in [0.1, 0.15) is 12.1 Å². The number of nitrogens with zero attached hydrogens (tertiary/aromatic N) is 3. The predicted molar refractivity (Wildman–Crippen MR) is 188 cm³/mol. The molecule has 2 atom stereocenters. The molecule has 0 saturated carbocycles. The number of piperidine rings is 1. The summed E-state index contributed by atoms with van der Waals surface area (Å²) in [6.07, 6.45) is 3.79. The van der Waals surface area contributed by atoms with Crippen molar-refractivity contribution in [3.63, 3.8) is 0 Å². The van der Waals surface area contributed by atoms with E-state index in [2.05, 4.69) is 10.6 Å². The summed E-state index contributed by atoms with van der Waals surface area (Å²) in [6, 6.07) is 12.4. The summed E-state index contributed by atoms with van der Waals surface area (Å²) in [4.78, 5) is 70.9. The normalized spacial score (nSPS) is 21.7. The number of fused-ring (bicyclic) bond motifs is 15. The number of carbonyl (C=O) groups excluding carboxylic acids is 5. The summed E-state index contributed by atoms with van der Waals surface area (Å²) in [5, 5.41) is 5.98. The highest BCUT2D eigenvalue weighted by Crippen LogP contribution is 2.33. The van der Waals surface area contributed by atoms with Crippen molar-refractivity contribution in [2.75, 3.05) is 52.9 Å². The number of nitrogens with one attached hydrogen (secondary N) is 2. The molecule has 2 aromatic rings. The molecular weight excluding hydrogens is 638 g/mol. The molecule has 270 valence electrons. The summed E-state index contributed by atoms with van der Waals surface area (Å²) in [6.45, 7) is 6.65. The third-order valence-electron chi connectivity index (χ3n) is 10.0. The lowest BCUT2D eigenvalue weighted by Crippen LogP contribution is -2.50. The average Bonchev–Trinajstić information content (AvgIpc) is 3.54. The maximum absolute atomic E-state index is 14.1. The molecule has 2 aromatic carbocycles. The van der Waals surface area contributed by atoms with Crippen LogP contribution < -0.4 is 20.1 Å². The van der Waals surface area contributed by atoms with Crippen LogP contribution in [-0.4, -0.2) is 109 Å². The van der Waals surface area contributed by atoms with Gasteiger partial charge in [-0.05, 0) is 74.8 Å². The van der Waals surface area contributed by atoms with Crippen LogP contribution in [0.5, 0.6) is 11.5 Å². The van der Waals surface area contributed by atoms with Gasteiger partial charge < -0.3 is 34.8 Å². The molecule has 6 rings (SSSR count). The third-order valence-corrected chi connectivity index (χ3v) is 10.0. The number of hydrogen-bond acceptors (Lipinski definition) is 7. The number of ether oxygens (including phenoxy) is 2. The molecule has 0 spiro atoms. The maximum Gasteiger partial charge on any atom is 0.254 e. The smallest absolute Gasteiger partial charge is 0.254 e. The van der Waals surface area contributed by atoms with E-state index in [0.29, 0.717) is 108 Å². The molecule has 5 amide bonds. The Morgan fingerprint density at radius 1 is 0.880 bits per heavy atom. The van der Waals surface area contributed by atoms with Crippen LogP contribution in [0.2, 0.25) is 0 Å². The molecule has 2 saturated heterocycles. The van der Waals surface area contributed by atoms with Crippen molar-refractivity contribution in [2.45, 2.75) is 77.4 Å². The summed E-state index contributed by atoms with van der Waals surface area (Å²) < 4.78 is 12.1. The first-order valence-corrected chi connectivity index (χ1v) is 17.9. The van der Waals surface area contributed by atoms with E-state index in [4.69, 9.17) is 9.47 Å². The van der Waals surface area contributed by atoms with E-state index in [9.17, 15) is 24.0 Å². The number of hydrogen-bond donors (Lipinski definition) is 2. The molecule has 0 radical (unpaired) electrons. The van der Waals surface area contributed by atoms with Crippen molar-refractivity contribution >= 4 is 29.5 Å². The number of likely N-dealkylation sites (tertiary alicyclic amines) is 2. The second-order valence-electron chi connectivity index (χ2n) is 13.6. The Labute approximate surface area is 294 Å². The SMILES string of the molecule is COc1cc2ccc1O[C@H]1C[C@@H](C(=O)NCCCCN(C(C)=O)CCCNC(=O)CC2)N(C(=O)C2CCN(C(=O)c3ccccc3C)CC2)C1. The summed E-state index contributed by atoms with van der Waals surface area (Å²) in [5.74, 6) is 0.304. The number of carbonyl (C=O) groups is 5. The molecule has 50 heavy (non-hydrogen) atoms. The van der Waals surface area contributed by atoms with Gasteiger partial charge in [-0.2, -0.15) is 0 Å². The monoisotopic (exact) mass is 689 g/mol. The van der Waals surface area contributed by atoms with E-state index >= 15 is 0 Å². The lowest BCUT2D eigenvalue weighted by Gasteiger charge is -2.34. The predicted octanol–water partition coefficient (Wildman–Crippen LogP) is 3.10. The fourth-order valence-corrected chi connectivity index (χ4v) is 7.09. The first-order chi connectivity index (χ1) is 24.1. The molecule has 0 aliphatic carbocycles. The Hall–Kier alpha value is -4.61. The highest BCUT2D eigenvalue weighted by Gasteiger charge is 2.43. The number of rotatable bonds is 3. The third kappa shape index (κ3) is 9.34. The minimum Gasteiger partial charge on any atom is -0.493 e. The molecular formula is C38H51N5O7. The van der Waals surface area contributed by atoms with Crippen LogP contribution in [0.4, 0.5) is 0 Å². The van der Waals surface area contributed by atoms with Crippen molar-refractivity contribution in [1.29, 1.82) is 0 Å². The van der Waals surface area contributed by atoms with Crippen LogP contribution in [0.25, 0.3) is 0 Å². The van der Waals surface area contributed by atoms with Gasteiger partial charge in [-0.15, -0.1) is 0 Å². The Morgan fingerprint density at radius 2 is 1.62 bits per heavy atom. The van der Waals surface area contributed by atoms with E-state index in [1.165, 1.54) is 0 Å². The van der Waals surface area contributed by atoms with Crippen LogP contribution in [0.15, 0.2) is 42.5 Å². The Bertz CT molecular complexity index is 1540. The van der Waals surface area contributed by atoms with E-state index in [0.717, 1.165) is 11.1 Å². The number of methoxy groups -OCH3 is 1. The minimum absolute atomic E-state index is 0.0243. The molecule has 0 unspecified atom stereocenters.